The van der Waals surface area contributed by atoms with Crippen LogP contribution in [0.1, 0.15) is 25.8 Å². The number of amides is 1. The van der Waals surface area contributed by atoms with Gasteiger partial charge < -0.3 is 10.4 Å². The molecule has 0 unspecified atom stereocenters. The lowest BCUT2D eigenvalue weighted by atomic mass is 9.99. The van der Waals surface area contributed by atoms with Crippen LogP contribution in [0.25, 0.3) is 11.1 Å². The first-order chi connectivity index (χ1) is 12.4. The van der Waals surface area contributed by atoms with Crippen LogP contribution < -0.4 is 5.32 Å². The lowest BCUT2D eigenvalue weighted by molar-refractivity contribution is -0.141. The molecule has 0 fully saturated rings. The van der Waals surface area contributed by atoms with Crippen molar-refractivity contribution in [3.8, 4) is 11.1 Å². The van der Waals surface area contributed by atoms with Crippen molar-refractivity contribution in [2.75, 3.05) is 0 Å². The molecule has 1 amide bonds. The van der Waals surface area contributed by atoms with Gasteiger partial charge in [-0.05, 0) is 22.6 Å². The van der Waals surface area contributed by atoms with Gasteiger partial charge in [0.05, 0.1) is 5.25 Å². The van der Waals surface area contributed by atoms with E-state index >= 15 is 0 Å². The highest BCUT2D eigenvalue weighted by Gasteiger charge is 2.26. The van der Waals surface area contributed by atoms with E-state index in [4.69, 9.17) is 0 Å². The summed E-state index contributed by atoms with van der Waals surface area (Å²) < 4.78 is 0. The zero-order valence-electron chi connectivity index (χ0n) is 15.1. The minimum absolute atomic E-state index is 0.0780. The van der Waals surface area contributed by atoms with E-state index in [2.05, 4.69) is 17.9 Å². The van der Waals surface area contributed by atoms with Gasteiger partial charge in [-0.3, -0.25) is 4.79 Å². The van der Waals surface area contributed by atoms with E-state index < -0.39 is 17.3 Å². The smallest absolute Gasteiger partial charge is 0.326 e. The standard InChI is InChI=1S/C21H25NO3S/c1-3-14(2)19(26)20(23)22-18(21(24)25)13-15-8-7-11-17(12-15)16-9-5-4-6-10-16/h4-12,14,18-19,26H,3,13H2,1-2H3,(H,22,23)(H,24,25)/t14-,18+,19+/m1/s1. The van der Waals surface area contributed by atoms with Gasteiger partial charge in [-0.15, -0.1) is 0 Å². The maximum absolute atomic E-state index is 12.3. The largest absolute Gasteiger partial charge is 0.480 e. The Bertz CT molecular complexity index is 748. The highest BCUT2D eigenvalue weighted by atomic mass is 32.1. The lowest BCUT2D eigenvalue weighted by Crippen LogP contribution is -2.46. The van der Waals surface area contributed by atoms with Crippen LogP contribution in [0, 0.1) is 5.92 Å². The summed E-state index contributed by atoms with van der Waals surface area (Å²) in [5, 5.41) is 11.6. The fourth-order valence-corrected chi connectivity index (χ4v) is 2.97. The Morgan fingerprint density at radius 3 is 2.35 bits per heavy atom. The molecule has 26 heavy (non-hydrogen) atoms. The van der Waals surface area contributed by atoms with Gasteiger partial charge in [0.2, 0.25) is 5.91 Å². The Labute approximate surface area is 160 Å². The van der Waals surface area contributed by atoms with Gasteiger partial charge in [-0.2, -0.15) is 12.6 Å². The molecule has 0 spiro atoms. The highest BCUT2D eigenvalue weighted by Crippen LogP contribution is 2.21. The second-order valence-corrected chi connectivity index (χ2v) is 7.06. The van der Waals surface area contributed by atoms with Crippen LogP contribution in [0.4, 0.5) is 0 Å². The highest BCUT2D eigenvalue weighted by molar-refractivity contribution is 7.81. The molecule has 2 aromatic rings. The van der Waals surface area contributed by atoms with Gasteiger partial charge in [-0.25, -0.2) is 4.79 Å². The number of nitrogens with one attached hydrogen (secondary N) is 1. The summed E-state index contributed by atoms with van der Waals surface area (Å²) in [7, 11) is 0. The van der Waals surface area contributed by atoms with Gasteiger partial charge in [0.1, 0.15) is 6.04 Å². The van der Waals surface area contributed by atoms with Crippen LogP contribution in [0.3, 0.4) is 0 Å². The number of carbonyl (C=O) groups excluding carboxylic acids is 1. The molecule has 138 valence electrons. The Hall–Kier alpha value is -2.27. The summed E-state index contributed by atoms with van der Waals surface area (Å²) in [6.07, 6.45) is 1.03. The molecule has 0 heterocycles. The van der Waals surface area contributed by atoms with E-state index in [1.54, 1.807) is 0 Å². The molecular formula is C21H25NO3S. The van der Waals surface area contributed by atoms with Crippen molar-refractivity contribution in [2.45, 2.75) is 38.0 Å². The van der Waals surface area contributed by atoms with Crippen molar-refractivity contribution in [3.05, 3.63) is 60.2 Å². The first-order valence-electron chi connectivity index (χ1n) is 8.78. The molecule has 0 aromatic heterocycles. The van der Waals surface area contributed by atoms with Crippen molar-refractivity contribution in [2.24, 2.45) is 5.92 Å². The predicted octanol–water partition coefficient (Wildman–Crippen LogP) is 3.81. The maximum Gasteiger partial charge on any atom is 0.326 e. The minimum atomic E-state index is -1.05. The van der Waals surface area contributed by atoms with E-state index in [0.717, 1.165) is 23.1 Å². The third-order valence-corrected chi connectivity index (χ3v) is 5.28. The Morgan fingerprint density at radius 1 is 1.08 bits per heavy atom. The van der Waals surface area contributed by atoms with Gasteiger partial charge >= 0.3 is 5.97 Å². The molecule has 5 heteroatoms. The molecule has 0 aliphatic heterocycles. The number of carboxylic acids is 1. The predicted molar refractivity (Wildman–Crippen MR) is 107 cm³/mol. The van der Waals surface area contributed by atoms with Gasteiger partial charge in [0.15, 0.2) is 0 Å². The molecule has 0 bridgehead atoms. The molecule has 0 aliphatic carbocycles. The van der Waals surface area contributed by atoms with Crippen LogP contribution >= 0.6 is 12.6 Å². The summed E-state index contributed by atoms with van der Waals surface area (Å²) in [5.74, 6) is -1.31. The third kappa shape index (κ3) is 5.36. The first-order valence-corrected chi connectivity index (χ1v) is 9.29. The van der Waals surface area contributed by atoms with Crippen molar-refractivity contribution < 1.29 is 14.7 Å². The zero-order chi connectivity index (χ0) is 19.1. The Morgan fingerprint density at radius 2 is 1.73 bits per heavy atom. The normalized spacial score (nSPS) is 14.3. The quantitative estimate of drug-likeness (QED) is 0.618. The topological polar surface area (TPSA) is 66.4 Å². The molecule has 0 saturated carbocycles. The van der Waals surface area contributed by atoms with Crippen LogP contribution in [0.5, 0.6) is 0 Å². The molecule has 0 radical (unpaired) electrons. The second kappa shape index (κ2) is 9.43. The van der Waals surface area contributed by atoms with Crippen molar-refractivity contribution >= 4 is 24.5 Å². The van der Waals surface area contributed by atoms with Crippen LogP contribution in [0.2, 0.25) is 0 Å². The number of rotatable bonds is 8. The van der Waals surface area contributed by atoms with E-state index in [-0.39, 0.29) is 18.2 Å². The number of aliphatic carboxylic acids is 1. The molecule has 2 rings (SSSR count). The number of hydrogen-bond donors (Lipinski definition) is 3. The first kappa shape index (κ1) is 20.0. The minimum Gasteiger partial charge on any atom is -0.480 e. The summed E-state index contributed by atoms with van der Waals surface area (Å²) in [5.41, 5.74) is 2.95. The van der Waals surface area contributed by atoms with E-state index in [1.807, 2.05) is 68.4 Å². The Balaban J connectivity index is 2.13. The number of thiol groups is 1. The molecule has 0 aliphatic rings. The number of benzene rings is 2. The summed E-state index contributed by atoms with van der Waals surface area (Å²) in [4.78, 5) is 23.9. The van der Waals surface area contributed by atoms with Crippen LogP contribution in [-0.2, 0) is 16.0 Å². The molecule has 3 atom stereocenters. The summed E-state index contributed by atoms with van der Waals surface area (Å²) >= 11 is 4.33. The van der Waals surface area contributed by atoms with E-state index in [1.165, 1.54) is 0 Å². The molecule has 2 N–H and O–H groups in total. The van der Waals surface area contributed by atoms with Crippen LogP contribution in [-0.4, -0.2) is 28.3 Å². The maximum atomic E-state index is 12.3. The fourth-order valence-electron chi connectivity index (χ4n) is 2.68. The SMILES string of the molecule is CC[C@@H](C)[C@H](S)C(=O)N[C@@H](Cc1cccc(-c2ccccc2)c1)C(=O)O. The molecular weight excluding hydrogens is 346 g/mol. The fraction of sp³-hybridized carbons (Fsp3) is 0.333. The summed E-state index contributed by atoms with van der Waals surface area (Å²) in [6.45, 7) is 3.90. The van der Waals surface area contributed by atoms with Gasteiger partial charge in [-0.1, -0.05) is 74.9 Å². The van der Waals surface area contributed by atoms with Gasteiger partial charge in [0, 0.05) is 6.42 Å². The van der Waals surface area contributed by atoms with Crippen LogP contribution in [0.15, 0.2) is 54.6 Å². The van der Waals surface area contributed by atoms with Crippen molar-refractivity contribution in [1.82, 2.24) is 5.32 Å². The number of hydrogen-bond acceptors (Lipinski definition) is 3. The average Bonchev–Trinajstić information content (AvgIpc) is 2.67. The molecule has 0 saturated heterocycles. The average molecular weight is 372 g/mol. The Kier molecular flexibility index (Phi) is 7.27. The zero-order valence-corrected chi connectivity index (χ0v) is 15.9. The number of carboxylic acid groups (broad SMARTS) is 1. The third-order valence-electron chi connectivity index (χ3n) is 4.54. The number of carbonyl (C=O) groups is 2. The van der Waals surface area contributed by atoms with Crippen molar-refractivity contribution in [3.63, 3.8) is 0 Å². The van der Waals surface area contributed by atoms with E-state index in [9.17, 15) is 14.7 Å². The molecule has 4 nitrogen and oxygen atoms in total. The monoisotopic (exact) mass is 371 g/mol. The second-order valence-electron chi connectivity index (χ2n) is 6.50. The van der Waals surface area contributed by atoms with Crippen molar-refractivity contribution in [1.29, 1.82) is 0 Å². The summed E-state index contributed by atoms with van der Waals surface area (Å²) in [6, 6.07) is 16.6. The van der Waals surface area contributed by atoms with E-state index in [0.29, 0.717) is 0 Å². The molecule has 2 aromatic carbocycles. The lowest BCUT2D eigenvalue weighted by Gasteiger charge is -2.21. The van der Waals surface area contributed by atoms with Gasteiger partial charge in [0.25, 0.3) is 0 Å².